The number of nitrogens with two attached hydrogens (primary N) is 2. The molecule has 10 heteroatoms. The van der Waals surface area contributed by atoms with Crippen molar-refractivity contribution in [2.24, 2.45) is 28.7 Å². The van der Waals surface area contributed by atoms with Crippen LogP contribution in [0.2, 0.25) is 0 Å². The van der Waals surface area contributed by atoms with Crippen molar-refractivity contribution >= 4 is 29.7 Å². The van der Waals surface area contributed by atoms with Gasteiger partial charge in [-0.2, -0.15) is 0 Å². The van der Waals surface area contributed by atoms with Crippen LogP contribution in [0.1, 0.15) is 33.6 Å². The maximum absolute atomic E-state index is 12.1. The van der Waals surface area contributed by atoms with Gasteiger partial charge in [0.15, 0.2) is 0 Å². The lowest BCUT2D eigenvalue weighted by Crippen LogP contribution is -2.52. The van der Waals surface area contributed by atoms with Gasteiger partial charge < -0.3 is 26.0 Å². The predicted molar refractivity (Wildman–Crippen MR) is 102 cm³/mol. The Morgan fingerprint density at radius 2 is 1.17 bits per heavy atom. The molecular formula is C19H28N2O8. The molecular weight excluding hydrogens is 384 g/mol. The number of ether oxygens (including phenoxy) is 2. The Balaban J connectivity index is 5.63. The Hall–Kier alpha value is -3.17. The molecule has 0 rings (SSSR count). The van der Waals surface area contributed by atoms with Gasteiger partial charge in [0.1, 0.15) is 0 Å². The molecule has 5 N–H and O–H groups in total. The SMILES string of the molecule is C=C(C)C(=O)OCCC(C(N)=O)C(C)(C(=O)O)C(CCOC(=O)C(=C)C)C(N)=O. The number of carbonyl (C=O) groups is 5. The average Bonchev–Trinajstić information content (AvgIpc) is 2.60. The van der Waals surface area contributed by atoms with Crippen LogP contribution in [0.5, 0.6) is 0 Å². The van der Waals surface area contributed by atoms with E-state index >= 15 is 0 Å². The van der Waals surface area contributed by atoms with Gasteiger partial charge in [-0.15, -0.1) is 0 Å². The fourth-order valence-corrected chi connectivity index (χ4v) is 2.80. The first kappa shape index (κ1) is 25.8. The van der Waals surface area contributed by atoms with Gasteiger partial charge in [0, 0.05) is 11.1 Å². The Bertz CT molecular complexity index is 663. The molecule has 0 heterocycles. The first-order valence-corrected chi connectivity index (χ1v) is 8.74. The third-order valence-electron chi connectivity index (χ3n) is 4.57. The highest BCUT2D eigenvalue weighted by atomic mass is 16.5. The predicted octanol–water partition coefficient (Wildman–Crippen LogP) is 0.299. The molecule has 10 nitrogen and oxygen atoms in total. The largest absolute Gasteiger partial charge is 0.481 e. The van der Waals surface area contributed by atoms with Crippen LogP contribution >= 0.6 is 0 Å². The van der Waals surface area contributed by atoms with Crippen LogP contribution in [-0.2, 0) is 33.4 Å². The lowest BCUT2D eigenvalue weighted by Gasteiger charge is -2.37. The van der Waals surface area contributed by atoms with Gasteiger partial charge in [-0.1, -0.05) is 13.2 Å². The molecule has 0 aromatic rings. The molecule has 0 aliphatic carbocycles. The highest BCUT2D eigenvalue weighted by molar-refractivity contribution is 5.92. The van der Waals surface area contributed by atoms with Crippen LogP contribution in [0.25, 0.3) is 0 Å². The van der Waals surface area contributed by atoms with Gasteiger partial charge in [0.05, 0.1) is 30.5 Å². The molecule has 0 aliphatic heterocycles. The van der Waals surface area contributed by atoms with Crippen LogP contribution in [0.3, 0.4) is 0 Å². The molecule has 0 aromatic carbocycles. The van der Waals surface area contributed by atoms with Crippen molar-refractivity contribution < 1.29 is 38.6 Å². The van der Waals surface area contributed by atoms with E-state index in [0.29, 0.717) is 0 Å². The van der Waals surface area contributed by atoms with Crippen LogP contribution in [-0.4, -0.2) is 48.0 Å². The molecule has 0 fully saturated rings. The molecule has 0 bridgehead atoms. The first-order valence-electron chi connectivity index (χ1n) is 8.74. The monoisotopic (exact) mass is 412 g/mol. The van der Waals surface area contributed by atoms with Crippen LogP contribution in [0, 0.1) is 17.3 Å². The number of hydrogen-bond acceptors (Lipinski definition) is 7. The summed E-state index contributed by atoms with van der Waals surface area (Å²) in [5.41, 5.74) is 8.98. The van der Waals surface area contributed by atoms with E-state index in [9.17, 15) is 29.1 Å². The molecule has 0 saturated carbocycles. The molecule has 0 aromatic heterocycles. The van der Waals surface area contributed by atoms with E-state index < -0.39 is 47.0 Å². The van der Waals surface area contributed by atoms with E-state index in [4.69, 9.17) is 20.9 Å². The fraction of sp³-hybridized carbons (Fsp3) is 0.526. The number of amides is 2. The summed E-state index contributed by atoms with van der Waals surface area (Å²) in [6.07, 6.45) is -0.515. The van der Waals surface area contributed by atoms with Crippen LogP contribution < -0.4 is 11.5 Å². The second-order valence-corrected chi connectivity index (χ2v) is 6.91. The minimum Gasteiger partial charge on any atom is -0.481 e. The Kier molecular flexibility index (Phi) is 9.78. The van der Waals surface area contributed by atoms with Crippen molar-refractivity contribution in [1.29, 1.82) is 0 Å². The van der Waals surface area contributed by atoms with Crippen molar-refractivity contribution in [1.82, 2.24) is 0 Å². The van der Waals surface area contributed by atoms with Gasteiger partial charge in [-0.05, 0) is 33.6 Å². The number of hydrogen-bond donors (Lipinski definition) is 3. The summed E-state index contributed by atoms with van der Waals surface area (Å²) < 4.78 is 9.81. The fourth-order valence-electron chi connectivity index (χ4n) is 2.80. The van der Waals surface area contributed by atoms with Crippen molar-refractivity contribution in [3.8, 4) is 0 Å². The second-order valence-electron chi connectivity index (χ2n) is 6.91. The summed E-state index contributed by atoms with van der Waals surface area (Å²) in [5, 5.41) is 9.81. The smallest absolute Gasteiger partial charge is 0.333 e. The van der Waals surface area contributed by atoms with E-state index in [1.54, 1.807) is 0 Å². The van der Waals surface area contributed by atoms with E-state index in [0.717, 1.165) is 6.92 Å². The quantitative estimate of drug-likeness (QED) is 0.286. The zero-order chi connectivity index (χ0) is 22.9. The van der Waals surface area contributed by atoms with E-state index in [1.807, 2.05) is 0 Å². The highest BCUT2D eigenvalue weighted by Gasteiger charge is 2.52. The van der Waals surface area contributed by atoms with Crippen LogP contribution in [0.15, 0.2) is 24.3 Å². The van der Waals surface area contributed by atoms with Crippen molar-refractivity contribution in [3.05, 3.63) is 24.3 Å². The topological polar surface area (TPSA) is 176 Å². The number of aliphatic carboxylic acids is 1. The van der Waals surface area contributed by atoms with E-state index in [-0.39, 0.29) is 37.2 Å². The zero-order valence-electron chi connectivity index (χ0n) is 16.9. The third kappa shape index (κ3) is 7.05. The molecule has 0 radical (unpaired) electrons. The molecule has 0 saturated heterocycles. The zero-order valence-corrected chi connectivity index (χ0v) is 16.9. The first-order chi connectivity index (χ1) is 13.3. The van der Waals surface area contributed by atoms with Gasteiger partial charge in [0.2, 0.25) is 11.8 Å². The van der Waals surface area contributed by atoms with Gasteiger partial charge >= 0.3 is 17.9 Å². The summed E-state index contributed by atoms with van der Waals surface area (Å²) in [5.74, 6) is -7.74. The molecule has 29 heavy (non-hydrogen) atoms. The van der Waals surface area contributed by atoms with E-state index in [2.05, 4.69) is 13.2 Å². The Morgan fingerprint density at radius 3 is 1.38 bits per heavy atom. The van der Waals surface area contributed by atoms with E-state index in [1.165, 1.54) is 13.8 Å². The van der Waals surface area contributed by atoms with Gasteiger partial charge in [-0.3, -0.25) is 14.4 Å². The number of carboxylic acid groups (broad SMARTS) is 1. The van der Waals surface area contributed by atoms with Crippen LogP contribution in [0.4, 0.5) is 0 Å². The minimum absolute atomic E-state index is 0.121. The van der Waals surface area contributed by atoms with Crippen molar-refractivity contribution in [2.45, 2.75) is 33.6 Å². The Labute approximate surface area is 168 Å². The lowest BCUT2D eigenvalue weighted by atomic mass is 9.65. The number of rotatable bonds is 13. The third-order valence-corrected chi connectivity index (χ3v) is 4.57. The summed E-state index contributed by atoms with van der Waals surface area (Å²) in [6, 6.07) is 0. The Morgan fingerprint density at radius 1 is 0.862 bits per heavy atom. The highest BCUT2D eigenvalue weighted by Crippen LogP contribution is 2.40. The maximum Gasteiger partial charge on any atom is 0.333 e. The molecule has 2 unspecified atom stereocenters. The summed E-state index contributed by atoms with van der Waals surface area (Å²) in [7, 11) is 0. The standard InChI is InChI=1S/C19H28N2O8/c1-10(2)16(24)28-8-6-12(14(20)22)19(5,18(26)27)13(15(21)23)7-9-29-17(25)11(3)4/h12-13H,1,3,6-9H2,2,4-5H3,(H2,20,22)(H2,21,23)(H,26,27). The molecule has 162 valence electrons. The van der Waals surface area contributed by atoms with Crippen molar-refractivity contribution in [2.75, 3.05) is 13.2 Å². The number of esters is 2. The molecule has 2 amide bonds. The maximum atomic E-state index is 12.1. The summed E-state index contributed by atoms with van der Waals surface area (Å²) in [4.78, 5) is 59.1. The normalized spacial score (nSPS) is 14.6. The van der Waals surface area contributed by atoms with Gasteiger partial charge in [0.25, 0.3) is 0 Å². The molecule has 0 aliphatic rings. The molecule has 2 atom stereocenters. The average molecular weight is 412 g/mol. The summed E-state index contributed by atoms with van der Waals surface area (Å²) in [6.45, 7) is 10.2. The van der Waals surface area contributed by atoms with Gasteiger partial charge in [-0.25, -0.2) is 9.59 Å². The minimum atomic E-state index is -2.02. The lowest BCUT2D eigenvalue weighted by molar-refractivity contribution is -0.164. The van der Waals surface area contributed by atoms with Crippen molar-refractivity contribution in [3.63, 3.8) is 0 Å². The molecule has 0 spiro atoms. The second kappa shape index (κ2) is 11.0. The number of carboxylic acids is 1. The summed E-state index contributed by atoms with van der Waals surface area (Å²) >= 11 is 0. The number of primary amides is 2. The number of carbonyl (C=O) groups excluding carboxylic acids is 4.